The minimum Gasteiger partial charge on any atom is -0.459 e. The lowest BCUT2D eigenvalue weighted by Gasteiger charge is -2.43. The van der Waals surface area contributed by atoms with Crippen LogP contribution in [0.1, 0.15) is 75.2 Å². The summed E-state index contributed by atoms with van der Waals surface area (Å²) in [4.78, 5) is 28.3. The highest BCUT2D eigenvalue weighted by atomic mass is 16.7. The number of aliphatic hydroxyl groups excluding tert-OH is 1. The van der Waals surface area contributed by atoms with Gasteiger partial charge in [0.2, 0.25) is 0 Å². The number of ether oxygens (including phenoxy) is 4. The van der Waals surface area contributed by atoms with E-state index in [9.17, 15) is 14.7 Å². The predicted octanol–water partition coefficient (Wildman–Crippen LogP) is 9.56. The van der Waals surface area contributed by atoms with Crippen LogP contribution in [0.5, 0.6) is 11.5 Å². The molecule has 2 fully saturated rings. The summed E-state index contributed by atoms with van der Waals surface area (Å²) >= 11 is 0. The van der Waals surface area contributed by atoms with Crippen molar-refractivity contribution in [2.45, 2.75) is 83.8 Å². The molecule has 2 aliphatic rings. The molecule has 0 unspecified atom stereocenters. The first-order valence-corrected chi connectivity index (χ1v) is 20.1. The molecule has 58 heavy (non-hydrogen) atoms. The minimum atomic E-state index is -0.668. The van der Waals surface area contributed by atoms with Crippen LogP contribution in [0.25, 0.3) is 11.1 Å². The molecule has 2 amide bonds. The van der Waals surface area contributed by atoms with Crippen molar-refractivity contribution >= 4 is 17.7 Å². The highest BCUT2D eigenvalue weighted by Crippen LogP contribution is 2.43. The molecule has 0 aliphatic carbocycles. The van der Waals surface area contributed by atoms with Crippen molar-refractivity contribution in [3.8, 4) is 22.6 Å². The lowest BCUT2D eigenvalue weighted by molar-refractivity contribution is -0.276. The quantitative estimate of drug-likeness (QED) is 0.107. The first-order chi connectivity index (χ1) is 28.0. The Morgan fingerprint density at radius 3 is 2.22 bits per heavy atom. The number of likely N-dealkylation sites (tertiary alicyclic amines) is 1. The van der Waals surface area contributed by atoms with Gasteiger partial charge in [0.25, 0.3) is 0 Å². The summed E-state index contributed by atoms with van der Waals surface area (Å²) in [5.41, 5.74) is 5.72. The number of para-hydroxylation sites is 1. The molecule has 0 radical (unpaired) electrons. The van der Waals surface area contributed by atoms with Gasteiger partial charge in [-0.2, -0.15) is 0 Å². The van der Waals surface area contributed by atoms with Gasteiger partial charge in [-0.3, -0.25) is 9.69 Å². The van der Waals surface area contributed by atoms with Gasteiger partial charge in [-0.15, -0.1) is 0 Å². The smallest absolute Gasteiger partial charge is 0.323 e. The maximum Gasteiger partial charge on any atom is 0.323 e. The fourth-order valence-electron chi connectivity index (χ4n) is 7.55. The molecule has 0 bridgehead atoms. The van der Waals surface area contributed by atoms with E-state index in [-0.39, 0.29) is 42.8 Å². The van der Waals surface area contributed by atoms with Crippen LogP contribution in [0.4, 0.5) is 10.5 Å². The lowest BCUT2D eigenvalue weighted by atomic mass is 9.89. The number of hydrogen-bond acceptors (Lipinski definition) is 8. The average molecular weight is 784 g/mol. The molecule has 302 valence electrons. The van der Waals surface area contributed by atoms with Crippen LogP contribution in [0.3, 0.4) is 0 Å². The molecular weight excluding hydrogens is 731 g/mol. The Bertz CT molecular complexity index is 2140. The van der Waals surface area contributed by atoms with Crippen LogP contribution < -0.4 is 15.4 Å². The standard InChI is InChI=1S/C48H53N3O7/c1-32-43(30-51-26-10-17-42(51)45(53)58-48(2,3)4)56-46(57-44(32)35-20-18-33(31-52)19-21-35)38-14-9-13-37(28-38)36-12-8-11-34(27-36)29-49-47(54)50-39-22-24-41(25-23-39)55-40-15-6-5-7-16-40/h5-9,11-16,18-25,27-28,32,42-44,46,52H,10,17,26,29-31H2,1-4H3,(H2,49,50,54)/t32-,42-,43+,44+,46+/m0/s1. The van der Waals surface area contributed by atoms with E-state index in [0.29, 0.717) is 24.5 Å². The van der Waals surface area contributed by atoms with Crippen LogP contribution in [-0.4, -0.2) is 52.8 Å². The average Bonchev–Trinajstić information content (AvgIpc) is 3.70. The normalized spacial score (nSPS) is 20.9. The number of carbonyl (C=O) groups is 2. The van der Waals surface area contributed by atoms with E-state index in [1.54, 1.807) is 12.1 Å². The van der Waals surface area contributed by atoms with E-state index in [0.717, 1.165) is 58.5 Å². The number of benzene rings is 5. The number of anilines is 1. The third-order valence-corrected chi connectivity index (χ3v) is 10.5. The fourth-order valence-corrected chi connectivity index (χ4v) is 7.55. The fraction of sp³-hybridized carbons (Fsp3) is 0.333. The summed E-state index contributed by atoms with van der Waals surface area (Å²) in [6.45, 7) is 9.49. The molecule has 3 N–H and O–H groups in total. The van der Waals surface area contributed by atoms with E-state index in [1.807, 2.05) is 118 Å². The van der Waals surface area contributed by atoms with Gasteiger partial charge in [-0.25, -0.2) is 4.79 Å². The molecule has 0 saturated carbocycles. The van der Waals surface area contributed by atoms with Crippen LogP contribution in [0.15, 0.2) is 127 Å². The van der Waals surface area contributed by atoms with Gasteiger partial charge in [-0.1, -0.05) is 85.8 Å². The third kappa shape index (κ3) is 10.5. The van der Waals surface area contributed by atoms with E-state index >= 15 is 0 Å². The zero-order chi connectivity index (χ0) is 40.6. The number of carbonyl (C=O) groups excluding carboxylic acids is 2. The molecule has 2 heterocycles. The van der Waals surface area contributed by atoms with Gasteiger partial charge in [0.15, 0.2) is 6.29 Å². The summed E-state index contributed by atoms with van der Waals surface area (Å²) < 4.78 is 25.3. The second-order valence-corrected chi connectivity index (χ2v) is 16.1. The molecule has 10 nitrogen and oxygen atoms in total. The maximum absolute atomic E-state index is 13.3. The third-order valence-electron chi connectivity index (χ3n) is 10.5. The van der Waals surface area contributed by atoms with Crippen molar-refractivity contribution in [3.05, 3.63) is 150 Å². The van der Waals surface area contributed by atoms with Gasteiger partial charge in [0.05, 0.1) is 18.8 Å². The molecule has 2 saturated heterocycles. The summed E-state index contributed by atoms with van der Waals surface area (Å²) in [6, 6.07) is 40.3. The van der Waals surface area contributed by atoms with Crippen LogP contribution in [-0.2, 0) is 32.2 Å². The number of urea groups is 1. The Morgan fingerprint density at radius 2 is 1.50 bits per heavy atom. The molecular formula is C48H53N3O7. The zero-order valence-electron chi connectivity index (χ0n) is 33.6. The number of nitrogens with one attached hydrogen (secondary N) is 2. The Balaban J connectivity index is 1.03. The predicted molar refractivity (Wildman–Crippen MR) is 224 cm³/mol. The lowest BCUT2D eigenvalue weighted by Crippen LogP contribution is -2.48. The molecule has 7 rings (SSSR count). The number of rotatable bonds is 12. The molecule has 5 aromatic carbocycles. The zero-order valence-corrected chi connectivity index (χ0v) is 33.6. The Kier molecular flexibility index (Phi) is 12.9. The van der Waals surface area contributed by atoms with Crippen molar-refractivity contribution in [2.75, 3.05) is 18.4 Å². The summed E-state index contributed by atoms with van der Waals surface area (Å²) in [7, 11) is 0. The highest BCUT2D eigenvalue weighted by molar-refractivity contribution is 5.89. The first kappa shape index (κ1) is 40.7. The van der Waals surface area contributed by atoms with E-state index in [2.05, 4.69) is 40.7 Å². The molecule has 5 aromatic rings. The van der Waals surface area contributed by atoms with Gasteiger partial charge in [-0.05, 0) is 117 Å². The minimum absolute atomic E-state index is 0.0333. The number of aliphatic hydroxyl groups is 1. The van der Waals surface area contributed by atoms with Crippen LogP contribution >= 0.6 is 0 Å². The number of amides is 2. The van der Waals surface area contributed by atoms with Crippen molar-refractivity contribution in [3.63, 3.8) is 0 Å². The van der Waals surface area contributed by atoms with Crippen molar-refractivity contribution in [2.24, 2.45) is 5.92 Å². The summed E-state index contributed by atoms with van der Waals surface area (Å²) in [5.74, 6) is 1.20. The Morgan fingerprint density at radius 1 is 0.793 bits per heavy atom. The number of nitrogens with zero attached hydrogens (tertiary/aromatic N) is 1. The van der Waals surface area contributed by atoms with Crippen LogP contribution in [0, 0.1) is 5.92 Å². The van der Waals surface area contributed by atoms with Gasteiger partial charge in [0.1, 0.15) is 23.1 Å². The van der Waals surface area contributed by atoms with E-state index in [1.165, 1.54) is 0 Å². The number of hydrogen-bond donors (Lipinski definition) is 3. The van der Waals surface area contributed by atoms with Gasteiger partial charge in [0, 0.05) is 30.3 Å². The van der Waals surface area contributed by atoms with E-state index < -0.39 is 11.9 Å². The van der Waals surface area contributed by atoms with Crippen LogP contribution in [0.2, 0.25) is 0 Å². The first-order valence-electron chi connectivity index (χ1n) is 20.1. The summed E-state index contributed by atoms with van der Waals surface area (Å²) in [5, 5.41) is 15.5. The largest absolute Gasteiger partial charge is 0.459 e. The molecule has 0 spiro atoms. The summed E-state index contributed by atoms with van der Waals surface area (Å²) in [6.07, 6.45) is 0.469. The monoisotopic (exact) mass is 783 g/mol. The molecule has 5 atom stereocenters. The molecule has 10 heteroatoms. The van der Waals surface area contributed by atoms with Crippen molar-refractivity contribution in [1.29, 1.82) is 0 Å². The molecule has 0 aromatic heterocycles. The maximum atomic E-state index is 13.3. The van der Waals surface area contributed by atoms with Crippen molar-refractivity contribution < 1.29 is 33.6 Å². The second-order valence-electron chi connectivity index (χ2n) is 16.1. The highest BCUT2D eigenvalue weighted by Gasteiger charge is 2.42. The SMILES string of the molecule is C[C@H]1[C@@H](CN2CCC[C@H]2C(=O)OC(C)(C)C)O[C@@H](c2cccc(-c3cccc(CNC(=O)Nc4ccc(Oc5ccccc5)cc4)c3)c2)O[C@H]1c1ccc(CO)cc1. The second kappa shape index (κ2) is 18.4. The van der Waals surface area contributed by atoms with Gasteiger partial charge < -0.3 is 34.7 Å². The van der Waals surface area contributed by atoms with Gasteiger partial charge >= 0.3 is 12.0 Å². The van der Waals surface area contributed by atoms with Crippen molar-refractivity contribution in [1.82, 2.24) is 10.2 Å². The van der Waals surface area contributed by atoms with E-state index in [4.69, 9.17) is 18.9 Å². The number of esters is 1. The topological polar surface area (TPSA) is 119 Å². The Hall–Kier alpha value is -5.52. The Labute approximate surface area is 341 Å². The molecule has 2 aliphatic heterocycles.